The molecule has 0 aromatic heterocycles. The summed E-state index contributed by atoms with van der Waals surface area (Å²) in [6.07, 6.45) is 0. The number of primary sulfonamides is 1. The van der Waals surface area contributed by atoms with Crippen molar-refractivity contribution in [3.8, 4) is 0 Å². The average molecular weight is 558 g/mol. The summed E-state index contributed by atoms with van der Waals surface area (Å²) in [6.45, 7) is 4.44. The molecule has 4 aromatic carbocycles. The van der Waals surface area contributed by atoms with Gasteiger partial charge in [-0.25, -0.2) is 18.6 Å². The number of fused-ring (bicyclic) bond motifs is 2. The average Bonchev–Trinajstić information content (AvgIpc) is 3.16. The molecule has 8 nitrogen and oxygen atoms in total. The molecule has 5 rings (SSSR count). The van der Waals surface area contributed by atoms with E-state index in [-0.39, 0.29) is 33.2 Å². The summed E-state index contributed by atoms with van der Waals surface area (Å²) in [4.78, 5) is 15.5. The third-order valence-corrected chi connectivity index (χ3v) is 7.83. The van der Waals surface area contributed by atoms with Gasteiger partial charge in [0.15, 0.2) is 10.8 Å². The molecule has 1 aliphatic heterocycles. The Morgan fingerprint density at radius 1 is 1.00 bits per heavy atom. The first-order valence-corrected chi connectivity index (χ1v) is 14.2. The number of hydrogen-bond donors (Lipinski definition) is 2. The number of carbonyl (C=O) groups is 1. The Morgan fingerprint density at radius 2 is 1.69 bits per heavy atom. The number of hydrogen-bond acceptors (Lipinski definition) is 5. The largest absolute Gasteiger partial charge is 0.374 e. The van der Waals surface area contributed by atoms with Crippen LogP contribution >= 0.6 is 12.2 Å². The van der Waals surface area contributed by atoms with Crippen LogP contribution in [-0.2, 0) is 21.4 Å². The number of nitrogens with zero attached hydrogens (tertiary/aromatic N) is 3. The van der Waals surface area contributed by atoms with Gasteiger partial charge < -0.3 is 10.6 Å². The minimum atomic E-state index is -4.13. The van der Waals surface area contributed by atoms with Crippen molar-refractivity contribution in [3.05, 3.63) is 102 Å². The molecule has 0 spiro atoms. The maximum absolute atomic E-state index is 14.0. The first kappa shape index (κ1) is 26.5. The van der Waals surface area contributed by atoms with E-state index in [4.69, 9.17) is 23.1 Å². The highest BCUT2D eigenvalue weighted by molar-refractivity contribution is 7.89. The number of sulfonamides is 1. The molecule has 0 saturated carbocycles. The number of anilines is 2. The Labute approximate surface area is 232 Å². The molecule has 0 fully saturated rings. The lowest BCUT2D eigenvalue weighted by atomic mass is 9.99. The van der Waals surface area contributed by atoms with E-state index >= 15 is 0 Å². The molecule has 4 aromatic rings. The lowest BCUT2D eigenvalue weighted by Crippen LogP contribution is -2.36. The number of benzene rings is 4. The van der Waals surface area contributed by atoms with Crippen LogP contribution in [-0.4, -0.2) is 25.1 Å². The van der Waals surface area contributed by atoms with Crippen molar-refractivity contribution in [2.45, 2.75) is 31.2 Å². The summed E-state index contributed by atoms with van der Waals surface area (Å²) in [7, 11) is -4.13. The van der Waals surface area contributed by atoms with Gasteiger partial charge in [-0.15, -0.1) is 0 Å². The molecule has 1 heterocycles. The number of rotatable bonds is 6. The van der Waals surface area contributed by atoms with Gasteiger partial charge in [-0.2, -0.15) is 5.10 Å². The van der Waals surface area contributed by atoms with Gasteiger partial charge in [0.25, 0.3) is 5.91 Å². The van der Waals surface area contributed by atoms with Crippen LogP contribution in [0.1, 0.15) is 36.5 Å². The van der Waals surface area contributed by atoms with Crippen LogP contribution in [0, 0.1) is 0 Å². The molecule has 1 amide bonds. The molecule has 39 heavy (non-hydrogen) atoms. The van der Waals surface area contributed by atoms with Crippen LogP contribution in [0.5, 0.6) is 0 Å². The minimum absolute atomic E-state index is 0.0573. The Morgan fingerprint density at radius 3 is 2.41 bits per heavy atom. The van der Waals surface area contributed by atoms with Crippen molar-refractivity contribution in [2.24, 2.45) is 16.0 Å². The van der Waals surface area contributed by atoms with E-state index in [0.717, 1.165) is 26.9 Å². The van der Waals surface area contributed by atoms with Gasteiger partial charge in [0.2, 0.25) is 10.0 Å². The van der Waals surface area contributed by atoms with E-state index in [2.05, 4.69) is 18.9 Å². The number of amides is 1. The second-order valence-electron chi connectivity index (χ2n) is 9.57. The lowest BCUT2D eigenvalue weighted by Gasteiger charge is -2.20. The van der Waals surface area contributed by atoms with Crippen molar-refractivity contribution >= 4 is 61.1 Å². The predicted molar refractivity (Wildman–Crippen MR) is 159 cm³/mol. The number of carbonyl (C=O) groups excluding carboxylic acids is 1. The van der Waals surface area contributed by atoms with Crippen molar-refractivity contribution in [1.82, 2.24) is 0 Å². The van der Waals surface area contributed by atoms with Crippen molar-refractivity contribution < 1.29 is 13.2 Å². The highest BCUT2D eigenvalue weighted by Gasteiger charge is 2.36. The van der Waals surface area contributed by atoms with Gasteiger partial charge in [0.1, 0.15) is 4.90 Å². The van der Waals surface area contributed by atoms with Gasteiger partial charge in [0, 0.05) is 5.56 Å². The van der Waals surface area contributed by atoms with Crippen LogP contribution in [0.2, 0.25) is 0 Å². The molecule has 1 aliphatic rings. The van der Waals surface area contributed by atoms with Gasteiger partial charge in [-0.1, -0.05) is 74.5 Å². The first-order chi connectivity index (χ1) is 18.6. The van der Waals surface area contributed by atoms with Gasteiger partial charge in [-0.3, -0.25) is 4.79 Å². The van der Waals surface area contributed by atoms with Crippen LogP contribution in [0.15, 0.2) is 94.9 Å². The molecule has 0 aliphatic carbocycles. The SMILES string of the molecule is CC(C)c1ccc2c(c1)/C(=N/N(C(N)=S)c1ccccc1S(N)(=O)=O)C(=O)N2Cc1cccc2ccccc12. The smallest absolute Gasteiger partial charge is 0.279 e. The second-order valence-corrected chi connectivity index (χ2v) is 11.5. The predicted octanol–water partition coefficient (Wildman–Crippen LogP) is 4.61. The Hall–Kier alpha value is -4.12. The maximum atomic E-state index is 14.0. The van der Waals surface area contributed by atoms with Crippen LogP contribution in [0.25, 0.3) is 10.8 Å². The molecule has 4 N–H and O–H groups in total. The fourth-order valence-electron chi connectivity index (χ4n) is 4.74. The van der Waals surface area contributed by atoms with Crippen LogP contribution in [0.4, 0.5) is 11.4 Å². The molecular formula is C29H27N5O3S2. The second kappa shape index (κ2) is 10.2. The zero-order chi connectivity index (χ0) is 27.9. The fourth-order valence-corrected chi connectivity index (χ4v) is 5.59. The van der Waals surface area contributed by atoms with Gasteiger partial charge in [-0.05, 0) is 64.3 Å². The van der Waals surface area contributed by atoms with Gasteiger partial charge >= 0.3 is 0 Å². The van der Waals surface area contributed by atoms with Crippen molar-refractivity contribution in [3.63, 3.8) is 0 Å². The summed E-state index contributed by atoms with van der Waals surface area (Å²) in [5, 5.41) is 13.0. The first-order valence-electron chi connectivity index (χ1n) is 12.3. The van der Waals surface area contributed by atoms with Crippen molar-refractivity contribution in [1.29, 1.82) is 0 Å². The molecule has 10 heteroatoms. The monoisotopic (exact) mass is 557 g/mol. The summed E-state index contributed by atoms with van der Waals surface area (Å²) in [5.41, 5.74) is 9.48. The van der Waals surface area contributed by atoms with E-state index in [9.17, 15) is 13.2 Å². The highest BCUT2D eigenvalue weighted by Crippen LogP contribution is 2.35. The number of nitrogens with two attached hydrogens (primary N) is 2. The maximum Gasteiger partial charge on any atom is 0.279 e. The topological polar surface area (TPSA) is 122 Å². The number of thiocarbonyl (C=S) groups is 1. The van der Waals surface area contributed by atoms with Crippen LogP contribution in [0.3, 0.4) is 0 Å². The molecule has 0 bridgehead atoms. The standard InChI is InChI=1S/C29H27N5O3S2/c1-18(2)20-14-15-24-23(16-20)27(32-34(29(30)38)25-12-5-6-13-26(25)39(31,36)37)28(35)33(24)17-21-10-7-9-19-8-3-4-11-22(19)21/h3-16,18H,17H2,1-2H3,(H2,30,38)(H2,31,36,37)/b32-27-. The third-order valence-electron chi connectivity index (χ3n) is 6.70. The van der Waals surface area contributed by atoms with E-state index in [1.54, 1.807) is 11.0 Å². The zero-order valence-electron chi connectivity index (χ0n) is 21.4. The molecule has 0 radical (unpaired) electrons. The summed E-state index contributed by atoms with van der Waals surface area (Å²) >= 11 is 5.24. The van der Waals surface area contributed by atoms with Gasteiger partial charge in [0.05, 0.1) is 17.9 Å². The van der Waals surface area contributed by atoms with E-state index in [0.29, 0.717) is 17.8 Å². The van der Waals surface area contributed by atoms with Crippen LogP contribution < -0.4 is 20.8 Å². The minimum Gasteiger partial charge on any atom is -0.374 e. The van der Waals surface area contributed by atoms with E-state index in [1.807, 2.05) is 60.7 Å². The Kier molecular flexibility index (Phi) is 6.94. The molecule has 0 atom stereocenters. The Bertz CT molecular complexity index is 1760. The van der Waals surface area contributed by atoms with Crippen molar-refractivity contribution in [2.75, 3.05) is 9.91 Å². The fraction of sp³-hybridized carbons (Fsp3) is 0.138. The molecule has 198 valence electrons. The molecular weight excluding hydrogens is 530 g/mol. The summed E-state index contributed by atoms with van der Waals surface area (Å²) in [5.74, 6) is -0.151. The molecule has 0 unspecified atom stereocenters. The zero-order valence-corrected chi connectivity index (χ0v) is 23.0. The third kappa shape index (κ3) is 5.01. The molecule has 0 saturated heterocycles. The van der Waals surface area contributed by atoms with E-state index in [1.165, 1.54) is 18.2 Å². The number of para-hydroxylation sites is 1. The quantitative estimate of drug-likeness (QED) is 0.264. The summed E-state index contributed by atoms with van der Waals surface area (Å²) in [6, 6.07) is 25.8. The van der Waals surface area contributed by atoms with E-state index < -0.39 is 10.0 Å². The lowest BCUT2D eigenvalue weighted by molar-refractivity contribution is -0.112. The Balaban J connectivity index is 1.67. The number of hydrazone groups is 1. The normalized spacial score (nSPS) is 14.3. The highest BCUT2D eigenvalue weighted by atomic mass is 32.2. The summed E-state index contributed by atoms with van der Waals surface area (Å²) < 4.78 is 24.6.